The van der Waals surface area contributed by atoms with Gasteiger partial charge in [-0.05, 0) is 44.4 Å². The number of nitrogens with zero attached hydrogens (tertiary/aromatic N) is 1. The monoisotopic (exact) mass is 437 g/mol. The zero-order valence-electron chi connectivity index (χ0n) is 19.1. The van der Waals surface area contributed by atoms with Crippen LogP contribution in [0, 0.1) is 5.92 Å². The Morgan fingerprint density at radius 2 is 1.66 bits per heavy atom. The number of ether oxygens (including phenoxy) is 1. The van der Waals surface area contributed by atoms with Crippen molar-refractivity contribution in [3.05, 3.63) is 54.1 Å². The summed E-state index contributed by atoms with van der Waals surface area (Å²) in [6, 6.07) is 14.3. The summed E-state index contributed by atoms with van der Waals surface area (Å²) in [7, 11) is 1.70. The lowest BCUT2D eigenvalue weighted by Gasteiger charge is -2.24. The third kappa shape index (κ3) is 5.16. The molecule has 1 aliphatic rings. The van der Waals surface area contributed by atoms with Crippen molar-refractivity contribution in [3.63, 3.8) is 0 Å². The van der Waals surface area contributed by atoms with E-state index in [1.54, 1.807) is 18.9 Å². The molecule has 2 atom stereocenters. The van der Waals surface area contributed by atoms with E-state index < -0.39 is 17.9 Å². The first kappa shape index (κ1) is 23.5. The molecule has 2 aromatic rings. The van der Waals surface area contributed by atoms with Crippen LogP contribution in [-0.4, -0.2) is 44.0 Å². The van der Waals surface area contributed by atoms with Crippen molar-refractivity contribution in [2.75, 3.05) is 25.1 Å². The highest BCUT2D eigenvalue weighted by Gasteiger charge is 2.34. The summed E-state index contributed by atoms with van der Waals surface area (Å²) in [4.78, 5) is 40.2. The lowest BCUT2D eigenvalue weighted by atomic mass is 9.95. The number of hydrogen-bond acceptors (Lipinski definition) is 4. The van der Waals surface area contributed by atoms with Gasteiger partial charge in [0.15, 0.2) is 0 Å². The largest absolute Gasteiger partial charge is 0.379 e. The van der Waals surface area contributed by atoms with E-state index in [1.165, 1.54) is 0 Å². The van der Waals surface area contributed by atoms with Gasteiger partial charge in [-0.1, -0.05) is 42.5 Å². The molecule has 170 valence electrons. The van der Waals surface area contributed by atoms with Crippen LogP contribution in [0.25, 0.3) is 11.1 Å². The molecular formula is C25H31N3O4. The van der Waals surface area contributed by atoms with Crippen LogP contribution in [0.3, 0.4) is 0 Å². The second-order valence-corrected chi connectivity index (χ2v) is 8.23. The third-order valence-corrected chi connectivity index (χ3v) is 5.55. The lowest BCUT2D eigenvalue weighted by molar-refractivity contribution is -0.136. The van der Waals surface area contributed by atoms with Gasteiger partial charge in [-0.2, -0.15) is 0 Å². The highest BCUT2D eigenvalue weighted by molar-refractivity contribution is 6.07. The summed E-state index contributed by atoms with van der Waals surface area (Å²) < 4.78 is 5.45. The molecule has 0 radical (unpaired) electrons. The number of benzene rings is 2. The summed E-state index contributed by atoms with van der Waals surface area (Å²) in [5, 5.41) is 5.58. The van der Waals surface area contributed by atoms with Crippen LogP contribution >= 0.6 is 0 Å². The number of anilines is 1. The first-order valence-electron chi connectivity index (χ1n) is 11.0. The molecule has 2 aromatic carbocycles. The molecule has 1 aliphatic heterocycles. The van der Waals surface area contributed by atoms with Crippen LogP contribution in [0.4, 0.5) is 5.69 Å². The smallest absolute Gasteiger partial charge is 0.253 e. The number of fused-ring (bicyclic) bond motifs is 3. The number of para-hydroxylation sites is 1. The van der Waals surface area contributed by atoms with Crippen LogP contribution in [0.15, 0.2) is 48.5 Å². The molecular weight excluding hydrogens is 406 g/mol. The number of carbonyl (C=O) groups is 3. The second kappa shape index (κ2) is 10.4. The van der Waals surface area contributed by atoms with Crippen molar-refractivity contribution in [2.45, 2.75) is 39.3 Å². The predicted octanol–water partition coefficient (Wildman–Crippen LogP) is 3.05. The minimum Gasteiger partial charge on any atom is -0.379 e. The van der Waals surface area contributed by atoms with Gasteiger partial charge in [0, 0.05) is 25.8 Å². The molecule has 32 heavy (non-hydrogen) atoms. The number of amides is 3. The number of likely N-dealkylation sites (N-methyl/N-ethyl adjacent to an activating group) is 1. The fourth-order valence-electron chi connectivity index (χ4n) is 3.71. The molecule has 0 spiro atoms. The molecule has 0 aliphatic carbocycles. The zero-order valence-corrected chi connectivity index (χ0v) is 19.1. The first-order valence-corrected chi connectivity index (χ1v) is 11.0. The SMILES string of the molecule is CC(C)OCCCNC(=O)[C@H](C)C(=O)N[C@@H]1C(=O)N(C)c2ccccc2-c2ccccc21. The van der Waals surface area contributed by atoms with E-state index in [4.69, 9.17) is 4.74 Å². The number of carbonyl (C=O) groups excluding carboxylic acids is 3. The van der Waals surface area contributed by atoms with Crippen molar-refractivity contribution < 1.29 is 19.1 Å². The third-order valence-electron chi connectivity index (χ3n) is 5.55. The van der Waals surface area contributed by atoms with Gasteiger partial charge in [0.2, 0.25) is 11.8 Å². The maximum atomic E-state index is 13.3. The van der Waals surface area contributed by atoms with Crippen LogP contribution in [0.2, 0.25) is 0 Å². The molecule has 0 bridgehead atoms. The normalized spacial score (nSPS) is 16.1. The fraction of sp³-hybridized carbons (Fsp3) is 0.400. The first-order chi connectivity index (χ1) is 15.3. The Labute approximate surface area is 189 Å². The van der Waals surface area contributed by atoms with E-state index in [2.05, 4.69) is 10.6 Å². The van der Waals surface area contributed by atoms with Gasteiger partial charge in [0.25, 0.3) is 5.91 Å². The minimum atomic E-state index is -0.933. The van der Waals surface area contributed by atoms with Gasteiger partial charge in [-0.15, -0.1) is 0 Å². The van der Waals surface area contributed by atoms with E-state index in [0.717, 1.165) is 16.8 Å². The van der Waals surface area contributed by atoms with E-state index in [0.29, 0.717) is 25.1 Å². The fourth-order valence-corrected chi connectivity index (χ4v) is 3.71. The van der Waals surface area contributed by atoms with Crippen molar-refractivity contribution >= 4 is 23.4 Å². The summed E-state index contributed by atoms with van der Waals surface area (Å²) in [6.07, 6.45) is 0.801. The van der Waals surface area contributed by atoms with Crippen molar-refractivity contribution in [2.24, 2.45) is 5.92 Å². The molecule has 0 saturated carbocycles. The van der Waals surface area contributed by atoms with Crippen molar-refractivity contribution in [1.82, 2.24) is 10.6 Å². The van der Waals surface area contributed by atoms with Crippen LogP contribution < -0.4 is 15.5 Å². The molecule has 0 unspecified atom stereocenters. The Balaban J connectivity index is 1.73. The van der Waals surface area contributed by atoms with E-state index in [-0.39, 0.29) is 17.9 Å². The Morgan fingerprint density at radius 3 is 2.38 bits per heavy atom. The quantitative estimate of drug-likeness (QED) is 0.491. The standard InChI is InChI=1S/C25H31N3O4/c1-16(2)32-15-9-14-26-23(29)17(3)24(30)27-22-20-12-6-5-10-18(20)19-11-7-8-13-21(19)28(4)25(22)31/h5-8,10-13,16-17,22H,9,14-15H2,1-4H3,(H,26,29)(H,27,30)/t17-,22-/m0/s1. The maximum Gasteiger partial charge on any atom is 0.253 e. The topological polar surface area (TPSA) is 87.7 Å². The molecule has 3 amide bonds. The van der Waals surface area contributed by atoms with Gasteiger partial charge < -0.3 is 20.3 Å². The van der Waals surface area contributed by atoms with Crippen LogP contribution in [0.1, 0.15) is 38.8 Å². The average molecular weight is 438 g/mol. The molecule has 0 saturated heterocycles. The van der Waals surface area contributed by atoms with E-state index in [1.807, 2.05) is 62.4 Å². The Bertz CT molecular complexity index is 989. The van der Waals surface area contributed by atoms with Gasteiger partial charge in [0.05, 0.1) is 11.8 Å². The maximum absolute atomic E-state index is 13.3. The minimum absolute atomic E-state index is 0.139. The van der Waals surface area contributed by atoms with Crippen LogP contribution in [-0.2, 0) is 19.1 Å². The van der Waals surface area contributed by atoms with Gasteiger partial charge in [-0.25, -0.2) is 0 Å². The summed E-state index contributed by atoms with van der Waals surface area (Å²) in [5.74, 6) is -2.06. The van der Waals surface area contributed by atoms with Crippen molar-refractivity contribution in [1.29, 1.82) is 0 Å². The molecule has 3 rings (SSSR count). The highest BCUT2D eigenvalue weighted by Crippen LogP contribution is 2.39. The van der Waals surface area contributed by atoms with Crippen LogP contribution in [0.5, 0.6) is 0 Å². The lowest BCUT2D eigenvalue weighted by Crippen LogP contribution is -2.46. The predicted molar refractivity (Wildman–Crippen MR) is 124 cm³/mol. The number of nitrogens with one attached hydrogen (secondary N) is 2. The average Bonchev–Trinajstić information content (AvgIpc) is 2.88. The Morgan fingerprint density at radius 1 is 1.00 bits per heavy atom. The second-order valence-electron chi connectivity index (χ2n) is 8.23. The van der Waals surface area contributed by atoms with E-state index >= 15 is 0 Å². The van der Waals surface area contributed by atoms with Gasteiger partial charge in [-0.3, -0.25) is 14.4 Å². The molecule has 0 fully saturated rings. The number of hydrogen-bond donors (Lipinski definition) is 2. The Hall–Kier alpha value is -3.19. The zero-order chi connectivity index (χ0) is 23.3. The number of rotatable bonds is 8. The summed E-state index contributed by atoms with van der Waals surface area (Å²) in [5.41, 5.74) is 3.29. The van der Waals surface area contributed by atoms with Gasteiger partial charge >= 0.3 is 0 Å². The molecule has 7 nitrogen and oxygen atoms in total. The highest BCUT2D eigenvalue weighted by atomic mass is 16.5. The Kier molecular flexibility index (Phi) is 7.64. The van der Waals surface area contributed by atoms with Gasteiger partial charge in [0.1, 0.15) is 12.0 Å². The molecule has 0 aromatic heterocycles. The van der Waals surface area contributed by atoms with E-state index in [9.17, 15) is 14.4 Å². The molecule has 1 heterocycles. The summed E-state index contributed by atoms with van der Waals surface area (Å²) in [6.45, 7) is 6.41. The molecule has 2 N–H and O–H groups in total. The molecule has 7 heteroatoms. The summed E-state index contributed by atoms with van der Waals surface area (Å²) >= 11 is 0. The van der Waals surface area contributed by atoms with Crippen molar-refractivity contribution in [3.8, 4) is 11.1 Å².